The van der Waals surface area contributed by atoms with Crippen LogP contribution in [0.3, 0.4) is 0 Å². The molecule has 0 saturated carbocycles. The van der Waals surface area contributed by atoms with Crippen LogP contribution in [-0.2, 0) is 33.2 Å². The van der Waals surface area contributed by atoms with E-state index in [9.17, 15) is 15.0 Å². The Kier molecular flexibility index (Phi) is 8.61. The average Bonchev–Trinajstić information content (AvgIpc) is 3.87. The zero-order valence-corrected chi connectivity index (χ0v) is 29.0. The summed E-state index contributed by atoms with van der Waals surface area (Å²) in [4.78, 5) is 14.6. The zero-order chi connectivity index (χ0) is 34.9. The molecule has 5 aliphatic rings. The molecule has 50 heavy (non-hydrogen) atoms. The van der Waals surface area contributed by atoms with Gasteiger partial charge in [-0.3, -0.25) is 4.79 Å². The minimum absolute atomic E-state index is 0.0408. The van der Waals surface area contributed by atoms with E-state index in [0.717, 1.165) is 16.0 Å². The molecule has 8 rings (SSSR count). The summed E-state index contributed by atoms with van der Waals surface area (Å²) in [5, 5.41) is 24.5. The smallest absolute Gasteiger partial charge is 0.310 e. The van der Waals surface area contributed by atoms with Gasteiger partial charge in [0, 0.05) is 11.8 Å². The van der Waals surface area contributed by atoms with Gasteiger partial charge in [-0.05, 0) is 73.2 Å². The molecular formula is C36H40O13S. The summed E-state index contributed by atoms with van der Waals surface area (Å²) in [6, 6.07) is 11.0. The number of hydrogen-bond acceptors (Lipinski definition) is 14. The Balaban J connectivity index is 1.19. The van der Waals surface area contributed by atoms with Crippen molar-refractivity contribution in [3.05, 3.63) is 63.3 Å². The van der Waals surface area contributed by atoms with E-state index in [4.69, 9.17) is 47.4 Å². The first kappa shape index (κ1) is 33.5. The fourth-order valence-electron chi connectivity index (χ4n) is 7.70. The van der Waals surface area contributed by atoms with Crippen molar-refractivity contribution < 1.29 is 62.4 Å². The van der Waals surface area contributed by atoms with E-state index < -0.39 is 72.4 Å². The van der Waals surface area contributed by atoms with Crippen LogP contribution in [0.1, 0.15) is 60.7 Å². The molecule has 1 aliphatic carbocycles. The van der Waals surface area contributed by atoms with Crippen molar-refractivity contribution in [1.82, 2.24) is 0 Å². The van der Waals surface area contributed by atoms with E-state index in [0.29, 0.717) is 17.1 Å². The number of cyclic esters (lactones) is 1. The zero-order valence-electron chi connectivity index (χ0n) is 28.2. The molecule has 2 aromatic carbocycles. The molecule has 268 valence electrons. The van der Waals surface area contributed by atoms with E-state index in [2.05, 4.69) is 0 Å². The second-order valence-electron chi connectivity index (χ2n) is 14.0. The van der Waals surface area contributed by atoms with Gasteiger partial charge in [0.25, 0.3) is 0 Å². The number of carbonyl (C=O) groups excluding carboxylic acids is 1. The summed E-state index contributed by atoms with van der Waals surface area (Å²) < 4.78 is 60.5. The Morgan fingerprint density at radius 1 is 0.940 bits per heavy atom. The minimum Gasteiger partial charge on any atom is -0.502 e. The lowest BCUT2D eigenvalue weighted by molar-refractivity contribution is -0.380. The molecule has 0 bridgehead atoms. The van der Waals surface area contributed by atoms with Crippen molar-refractivity contribution in [1.29, 1.82) is 0 Å². The lowest BCUT2D eigenvalue weighted by Crippen LogP contribution is -2.64. The number of phenols is 1. The topological polar surface area (TPSA) is 150 Å². The molecule has 5 heterocycles. The Morgan fingerprint density at radius 2 is 1.66 bits per heavy atom. The highest BCUT2D eigenvalue weighted by Crippen LogP contribution is 2.57. The molecule has 4 aliphatic heterocycles. The number of aliphatic hydroxyl groups excluding tert-OH is 1. The third-order valence-corrected chi connectivity index (χ3v) is 10.7. The van der Waals surface area contributed by atoms with Gasteiger partial charge < -0.3 is 57.6 Å². The molecule has 0 amide bonds. The summed E-state index contributed by atoms with van der Waals surface area (Å²) in [6.45, 7) is 5.95. The van der Waals surface area contributed by atoms with Crippen molar-refractivity contribution in [2.75, 3.05) is 34.2 Å². The Hall–Kier alpha value is -3.63. The number of thiophene rings is 1. The maximum Gasteiger partial charge on any atom is 0.310 e. The molecule has 1 unspecified atom stereocenters. The average molecular weight is 713 g/mol. The van der Waals surface area contributed by atoms with Gasteiger partial charge in [-0.15, -0.1) is 11.3 Å². The van der Waals surface area contributed by atoms with Crippen LogP contribution in [0.5, 0.6) is 28.7 Å². The van der Waals surface area contributed by atoms with Crippen LogP contribution in [-0.4, -0.2) is 86.7 Å². The van der Waals surface area contributed by atoms with Crippen molar-refractivity contribution in [3.63, 3.8) is 0 Å². The Labute approximate surface area is 292 Å². The van der Waals surface area contributed by atoms with Gasteiger partial charge in [-0.1, -0.05) is 6.07 Å². The molecule has 0 radical (unpaired) electrons. The number of aliphatic hydroxyl groups is 1. The molecule has 14 heteroatoms. The van der Waals surface area contributed by atoms with Gasteiger partial charge in [0.2, 0.25) is 12.5 Å². The predicted molar refractivity (Wildman–Crippen MR) is 175 cm³/mol. The Bertz CT molecular complexity index is 1710. The summed E-state index contributed by atoms with van der Waals surface area (Å²) in [7, 11) is 2.90. The lowest BCUT2D eigenvalue weighted by atomic mass is 9.66. The second-order valence-corrected chi connectivity index (χ2v) is 15.0. The molecule has 10 atom stereocenters. The quantitative estimate of drug-likeness (QED) is 0.330. The summed E-state index contributed by atoms with van der Waals surface area (Å²) in [5.74, 6) is -0.852. The van der Waals surface area contributed by atoms with Crippen molar-refractivity contribution >= 4 is 17.3 Å². The van der Waals surface area contributed by atoms with Crippen LogP contribution in [0.2, 0.25) is 0 Å². The van der Waals surface area contributed by atoms with Crippen LogP contribution in [0.4, 0.5) is 0 Å². The van der Waals surface area contributed by atoms with Gasteiger partial charge in [-0.2, -0.15) is 0 Å². The van der Waals surface area contributed by atoms with E-state index >= 15 is 0 Å². The normalized spacial score (nSPS) is 32.9. The molecule has 3 saturated heterocycles. The molecule has 0 spiro atoms. The number of ether oxygens (including phenoxy) is 10. The number of benzene rings is 2. The van der Waals surface area contributed by atoms with Crippen LogP contribution in [0.15, 0.2) is 41.8 Å². The summed E-state index contributed by atoms with van der Waals surface area (Å²) in [6.07, 6.45) is -5.98. The number of phenolic OH excluding ortho intramolecular Hbond substituents is 1. The summed E-state index contributed by atoms with van der Waals surface area (Å²) >= 11 is 1.51. The van der Waals surface area contributed by atoms with Crippen molar-refractivity contribution in [2.45, 2.75) is 75.4 Å². The lowest BCUT2D eigenvalue weighted by Gasteiger charge is -2.50. The maximum atomic E-state index is 13.7. The number of aromatic hydroxyl groups is 1. The van der Waals surface area contributed by atoms with Gasteiger partial charge in [-0.25, -0.2) is 0 Å². The third-order valence-electron chi connectivity index (χ3n) is 9.84. The van der Waals surface area contributed by atoms with Gasteiger partial charge >= 0.3 is 5.97 Å². The molecule has 2 N–H and O–H groups in total. The number of hydrogen-bond donors (Lipinski definition) is 2. The second kappa shape index (κ2) is 12.9. The van der Waals surface area contributed by atoms with Gasteiger partial charge in [0.1, 0.15) is 24.4 Å². The predicted octanol–water partition coefficient (Wildman–Crippen LogP) is 4.58. The molecule has 1 aromatic heterocycles. The van der Waals surface area contributed by atoms with Gasteiger partial charge in [0.05, 0.1) is 49.9 Å². The SMILES string of the molecule is COc1cc([C@@H]2c3cc4c(cc3[C@@H](O[C@@H]3O[C@@H]5COC(c6cccs6)O[C@H]5[C@H](O)[C@H]3OC(C)(C)C)[C@H]3COC(=O)[C@H]23)OCO4)cc(OC)c1O. The van der Waals surface area contributed by atoms with Crippen LogP contribution < -0.4 is 18.9 Å². The molecule has 3 aromatic rings. The van der Waals surface area contributed by atoms with Crippen molar-refractivity contribution in [3.8, 4) is 28.7 Å². The Morgan fingerprint density at radius 3 is 2.32 bits per heavy atom. The van der Waals surface area contributed by atoms with Crippen molar-refractivity contribution in [2.24, 2.45) is 11.8 Å². The first-order valence-corrected chi connectivity index (χ1v) is 17.4. The number of carbonyl (C=O) groups is 1. The largest absolute Gasteiger partial charge is 0.502 e. The standard InChI is InChI=1S/C36H40O13S/c1-36(2,3)49-32-29(38)31-24(14-43-34(48-31)25-7-6-8-50-25)46-35(32)47-30-18-12-21-20(44-15-45-21)11-17(18)26(27-19(30)13-42-33(27)39)16-9-22(40-4)28(37)23(10-16)41-5/h6-12,19,24,26-27,29-32,34-35,37-38H,13-15H2,1-5H3/t19-,24+,26+,27-,29-,30+,31+,32+,34?,35-/m0/s1. The molecule has 3 fully saturated rings. The molecular weight excluding hydrogens is 672 g/mol. The van der Waals surface area contributed by atoms with Crippen LogP contribution >= 0.6 is 11.3 Å². The highest BCUT2D eigenvalue weighted by atomic mass is 32.1. The minimum atomic E-state index is -1.13. The van der Waals surface area contributed by atoms with E-state index in [1.165, 1.54) is 25.6 Å². The number of methoxy groups -OCH3 is 2. The monoisotopic (exact) mass is 712 g/mol. The third kappa shape index (κ3) is 5.76. The number of esters is 1. The van der Waals surface area contributed by atoms with Gasteiger partial charge in [0.15, 0.2) is 35.6 Å². The highest BCUT2D eigenvalue weighted by molar-refractivity contribution is 7.10. The first-order chi connectivity index (χ1) is 24.0. The number of rotatable bonds is 7. The van der Waals surface area contributed by atoms with E-state index in [1.54, 1.807) is 12.1 Å². The van der Waals surface area contributed by atoms with Crippen LogP contribution in [0.25, 0.3) is 0 Å². The summed E-state index contributed by atoms with van der Waals surface area (Å²) in [5.41, 5.74) is 1.45. The fraction of sp³-hybridized carbons (Fsp3) is 0.528. The highest BCUT2D eigenvalue weighted by Gasteiger charge is 2.57. The van der Waals surface area contributed by atoms with E-state index in [-0.39, 0.29) is 37.3 Å². The van der Waals surface area contributed by atoms with E-state index in [1.807, 2.05) is 50.4 Å². The fourth-order valence-corrected chi connectivity index (χ4v) is 8.41. The molecule has 13 nitrogen and oxygen atoms in total. The number of fused-ring (bicyclic) bond motifs is 4. The maximum absolute atomic E-state index is 13.7. The first-order valence-electron chi connectivity index (χ1n) is 16.6. The van der Waals surface area contributed by atoms with Crippen LogP contribution in [0, 0.1) is 11.8 Å².